The smallest absolute Gasteiger partial charge is 0.288 e. The van der Waals surface area contributed by atoms with Crippen LogP contribution in [-0.2, 0) is 28.5 Å². The van der Waals surface area contributed by atoms with Gasteiger partial charge in [-0.25, -0.2) is 4.57 Å². The topological polar surface area (TPSA) is 51.2 Å². The molecule has 1 aliphatic heterocycles. The molecule has 2 aromatic heterocycles. The van der Waals surface area contributed by atoms with Gasteiger partial charge in [-0.3, -0.25) is 0 Å². The molecule has 0 amide bonds. The van der Waals surface area contributed by atoms with Gasteiger partial charge in [-0.1, -0.05) is 95.3 Å². The van der Waals surface area contributed by atoms with Crippen molar-refractivity contribution >= 4 is 43.5 Å². The molecule has 0 saturated carbocycles. The summed E-state index contributed by atoms with van der Waals surface area (Å²) in [7, 11) is 3.76. The van der Waals surface area contributed by atoms with E-state index in [1.165, 1.54) is 16.3 Å². The molecule has 41 heavy (non-hydrogen) atoms. The molecule has 5 nitrogen and oxygen atoms in total. The van der Waals surface area contributed by atoms with Crippen molar-refractivity contribution in [2.45, 2.75) is 64.2 Å². The third-order valence-corrected chi connectivity index (χ3v) is 9.88. The average Bonchev–Trinajstić information content (AvgIpc) is 3.28. The highest BCUT2D eigenvalue weighted by Gasteiger charge is 2.60. The van der Waals surface area contributed by atoms with E-state index in [1.807, 2.05) is 6.33 Å². The molecule has 1 aliphatic rings. The van der Waals surface area contributed by atoms with Crippen LogP contribution in [0, 0.1) is 0 Å². The lowest BCUT2D eigenvalue weighted by Crippen LogP contribution is -2.70. The van der Waals surface area contributed by atoms with Crippen LogP contribution >= 0.6 is 0 Å². The van der Waals surface area contributed by atoms with Crippen molar-refractivity contribution in [2.24, 2.45) is 7.05 Å². The van der Waals surface area contributed by atoms with Crippen LogP contribution in [0.4, 0.5) is 0 Å². The van der Waals surface area contributed by atoms with Gasteiger partial charge in [-0.05, 0) is 56.4 Å². The van der Waals surface area contributed by atoms with Crippen molar-refractivity contribution in [3.05, 3.63) is 84.2 Å². The number of benzene rings is 4. The number of hydrogen-bond donors (Lipinski definition) is 1. The molecule has 1 N–H and O–H groups in total. The van der Waals surface area contributed by atoms with Crippen molar-refractivity contribution < 1.29 is 14.4 Å². The molecule has 0 saturated heterocycles. The number of methoxy groups -OCH3 is 1. The Hall–Kier alpha value is -3.80. The number of fused-ring (bicyclic) bond motifs is 11. The Morgan fingerprint density at radius 2 is 1.66 bits per heavy atom. The molecule has 0 radical (unpaired) electrons. The predicted octanol–water partition coefficient (Wildman–Crippen LogP) is 7.61. The van der Waals surface area contributed by atoms with Gasteiger partial charge in [0.25, 0.3) is 6.33 Å². The van der Waals surface area contributed by atoms with Crippen LogP contribution in [0.25, 0.3) is 54.7 Å². The van der Waals surface area contributed by atoms with Gasteiger partial charge in [-0.15, -0.1) is 0 Å². The summed E-state index contributed by atoms with van der Waals surface area (Å²) < 4.78 is 10.7. The molecular formula is C36H38N3O2+. The van der Waals surface area contributed by atoms with Gasteiger partial charge in [-0.2, -0.15) is 0 Å². The summed E-state index contributed by atoms with van der Waals surface area (Å²) in [6, 6.07) is 23.9. The van der Waals surface area contributed by atoms with E-state index in [4.69, 9.17) is 9.72 Å². The van der Waals surface area contributed by atoms with E-state index in [-0.39, 0.29) is 5.41 Å². The lowest BCUT2D eigenvalue weighted by atomic mass is 9.72. The first kappa shape index (κ1) is 26.1. The molecule has 4 aromatic carbocycles. The lowest BCUT2D eigenvalue weighted by Gasteiger charge is -2.47. The first-order valence-corrected chi connectivity index (χ1v) is 14.7. The fourth-order valence-corrected chi connectivity index (χ4v) is 7.55. The molecular weight excluding hydrogens is 506 g/mol. The summed E-state index contributed by atoms with van der Waals surface area (Å²) >= 11 is 0. The van der Waals surface area contributed by atoms with Crippen LogP contribution in [0.3, 0.4) is 0 Å². The zero-order valence-corrected chi connectivity index (χ0v) is 25.0. The van der Waals surface area contributed by atoms with Crippen LogP contribution in [0.1, 0.15) is 58.6 Å². The van der Waals surface area contributed by atoms with Gasteiger partial charge in [0, 0.05) is 25.3 Å². The van der Waals surface area contributed by atoms with Gasteiger partial charge in [0.1, 0.15) is 5.52 Å². The largest absolute Gasteiger partial charge is 0.358 e. The van der Waals surface area contributed by atoms with Gasteiger partial charge < -0.3 is 14.4 Å². The quantitative estimate of drug-likeness (QED) is 0.184. The summed E-state index contributed by atoms with van der Waals surface area (Å²) in [6.45, 7) is 11.0. The van der Waals surface area contributed by atoms with Crippen molar-refractivity contribution in [3.8, 4) is 11.3 Å². The van der Waals surface area contributed by atoms with E-state index in [2.05, 4.69) is 118 Å². The molecule has 3 heterocycles. The van der Waals surface area contributed by atoms with Crippen molar-refractivity contribution in [1.82, 2.24) is 9.55 Å². The van der Waals surface area contributed by atoms with E-state index in [9.17, 15) is 5.11 Å². The molecule has 5 heteroatoms. The van der Waals surface area contributed by atoms with Crippen LogP contribution < -0.4 is 4.57 Å². The second kappa shape index (κ2) is 8.60. The van der Waals surface area contributed by atoms with Gasteiger partial charge in [0.2, 0.25) is 11.3 Å². The first-order chi connectivity index (χ1) is 19.6. The third-order valence-electron chi connectivity index (χ3n) is 9.88. The number of ether oxygens (including phenoxy) is 1. The molecule has 0 fully saturated rings. The van der Waals surface area contributed by atoms with Crippen molar-refractivity contribution in [2.75, 3.05) is 7.11 Å². The minimum atomic E-state index is -1.53. The molecule has 0 bridgehead atoms. The van der Waals surface area contributed by atoms with Crippen LogP contribution in [0.5, 0.6) is 0 Å². The molecule has 208 valence electrons. The molecule has 1 atom stereocenters. The van der Waals surface area contributed by atoms with E-state index in [1.54, 1.807) is 7.11 Å². The SMILES string of the molecule is CCC1(CC)[n+]2cnc3c4c5ccccc5ccc4n(C)c3c2-c2c(ccc3cc(C(C)(C)C)ccc23)C1(O)OC. The Morgan fingerprint density at radius 1 is 0.927 bits per heavy atom. The highest BCUT2D eigenvalue weighted by molar-refractivity contribution is 6.21. The van der Waals surface area contributed by atoms with Crippen LogP contribution in [-0.4, -0.2) is 21.8 Å². The molecule has 0 aliphatic carbocycles. The fraction of sp³-hybridized carbons (Fsp3) is 0.333. The van der Waals surface area contributed by atoms with Crippen molar-refractivity contribution in [3.63, 3.8) is 0 Å². The Morgan fingerprint density at radius 3 is 2.37 bits per heavy atom. The fourth-order valence-electron chi connectivity index (χ4n) is 7.55. The molecule has 1 unspecified atom stereocenters. The molecule has 0 spiro atoms. The first-order valence-electron chi connectivity index (χ1n) is 14.7. The van der Waals surface area contributed by atoms with Crippen LogP contribution in [0.15, 0.2) is 73.1 Å². The highest BCUT2D eigenvalue weighted by atomic mass is 16.6. The highest BCUT2D eigenvalue weighted by Crippen LogP contribution is 2.52. The molecule has 6 aromatic rings. The zero-order chi connectivity index (χ0) is 28.9. The van der Waals surface area contributed by atoms with Gasteiger partial charge in [0.15, 0.2) is 11.2 Å². The maximum absolute atomic E-state index is 12.6. The van der Waals surface area contributed by atoms with Gasteiger partial charge >= 0.3 is 0 Å². The minimum Gasteiger partial charge on any atom is -0.358 e. The third kappa shape index (κ3) is 3.19. The van der Waals surface area contributed by atoms with E-state index in [0.29, 0.717) is 12.8 Å². The normalized spacial score (nSPS) is 18.3. The number of hydrogen-bond acceptors (Lipinski definition) is 3. The number of nitrogens with zero attached hydrogens (tertiary/aromatic N) is 3. The predicted molar refractivity (Wildman–Crippen MR) is 167 cm³/mol. The van der Waals surface area contributed by atoms with E-state index in [0.717, 1.165) is 49.5 Å². The summed E-state index contributed by atoms with van der Waals surface area (Å²) in [4.78, 5) is 5.16. The Labute approximate surface area is 241 Å². The van der Waals surface area contributed by atoms with Crippen LogP contribution in [0.2, 0.25) is 0 Å². The average molecular weight is 545 g/mol. The number of aromatic nitrogens is 3. The number of rotatable bonds is 3. The summed E-state index contributed by atoms with van der Waals surface area (Å²) in [6.07, 6.45) is 3.29. The monoisotopic (exact) mass is 544 g/mol. The lowest BCUT2D eigenvalue weighted by molar-refractivity contribution is -0.791. The zero-order valence-electron chi connectivity index (χ0n) is 25.0. The summed E-state index contributed by atoms with van der Waals surface area (Å²) in [5, 5.41) is 18.4. The van der Waals surface area contributed by atoms with Crippen molar-refractivity contribution in [1.29, 1.82) is 0 Å². The second-order valence-electron chi connectivity index (χ2n) is 12.7. The second-order valence-corrected chi connectivity index (χ2v) is 12.7. The standard InChI is InChI=1S/C36H38N3O2/c1-8-35(9-2)36(40,41-7)27-18-14-23-20-24(34(3,4)5)16-17-26(23)29(27)32-33-31(37-21-39(32)35)30-25-13-11-10-12-22(25)15-19-28(30)38(33)6/h10-21,40H,8-9H2,1-7H3/q+1. The Bertz CT molecular complexity index is 2030. The summed E-state index contributed by atoms with van der Waals surface area (Å²) in [5.41, 5.74) is 6.63. The Kier molecular flexibility index (Phi) is 5.48. The molecule has 7 rings (SSSR count). The number of aliphatic hydroxyl groups is 1. The van der Waals surface area contributed by atoms with E-state index >= 15 is 0 Å². The maximum Gasteiger partial charge on any atom is 0.288 e. The Balaban J connectivity index is 1.72. The van der Waals surface area contributed by atoms with Gasteiger partial charge in [0.05, 0.1) is 10.9 Å². The van der Waals surface area contributed by atoms with E-state index < -0.39 is 11.3 Å². The minimum absolute atomic E-state index is 0.0255. The maximum atomic E-state index is 12.6. The number of aryl methyl sites for hydroxylation is 1. The summed E-state index contributed by atoms with van der Waals surface area (Å²) in [5.74, 6) is -1.53.